The number of rotatable bonds is 4. The molecule has 3 aromatic rings. The molecule has 4 heteroatoms. The number of allylic oxidation sites excluding steroid dienone is 2. The molecule has 3 aromatic carbocycles. The van der Waals surface area contributed by atoms with E-state index in [9.17, 15) is 0 Å². The Bertz CT molecular complexity index is 1290. The fraction of sp³-hybridized carbons (Fsp3) is 0.207. The number of fused-ring (bicyclic) bond motifs is 2. The third kappa shape index (κ3) is 3.87. The Hall–Kier alpha value is -3.63. The van der Waals surface area contributed by atoms with Crippen molar-refractivity contribution >= 4 is 5.90 Å². The minimum absolute atomic E-state index is 0.104. The molecule has 166 valence electrons. The Morgan fingerprint density at radius 2 is 1.79 bits per heavy atom. The summed E-state index contributed by atoms with van der Waals surface area (Å²) in [5.41, 5.74) is 12.2. The highest BCUT2D eigenvalue weighted by Gasteiger charge is 2.36. The summed E-state index contributed by atoms with van der Waals surface area (Å²) in [5.74, 6) is 1.88. The minimum Gasteiger partial charge on any atom is -0.457 e. The van der Waals surface area contributed by atoms with Gasteiger partial charge in [-0.05, 0) is 42.2 Å². The lowest BCUT2D eigenvalue weighted by Crippen LogP contribution is -2.25. The Morgan fingerprint density at radius 3 is 2.61 bits per heavy atom. The van der Waals surface area contributed by atoms with E-state index in [1.165, 1.54) is 5.56 Å². The summed E-state index contributed by atoms with van der Waals surface area (Å²) in [5, 5.41) is 8.29. The van der Waals surface area contributed by atoms with Crippen molar-refractivity contribution in [2.24, 2.45) is 5.73 Å². The van der Waals surface area contributed by atoms with Gasteiger partial charge in [0.15, 0.2) is 6.23 Å². The standard InChI is InChI=1S/C29H28N2O2/c1-29(2)23-15-6-7-16-24(23)32-25-17-9-14-22(26(25)29)20-12-8-13-21(18-20)28(31)33-27(30)19-10-4-3-5-11-19/h4,6-18,28,30H,3,5,31H2,1-2H3. The molecule has 33 heavy (non-hydrogen) atoms. The molecule has 1 atom stereocenters. The largest absolute Gasteiger partial charge is 0.457 e. The van der Waals surface area contributed by atoms with Gasteiger partial charge in [-0.3, -0.25) is 11.1 Å². The predicted octanol–water partition coefficient (Wildman–Crippen LogP) is 7.01. The molecule has 1 heterocycles. The van der Waals surface area contributed by atoms with Gasteiger partial charge in [-0.1, -0.05) is 80.6 Å². The molecule has 0 saturated carbocycles. The van der Waals surface area contributed by atoms with Crippen LogP contribution in [-0.4, -0.2) is 5.90 Å². The molecule has 5 rings (SSSR count). The second-order valence-electron chi connectivity index (χ2n) is 9.03. The first-order valence-electron chi connectivity index (χ1n) is 11.3. The van der Waals surface area contributed by atoms with Crippen LogP contribution in [0.15, 0.2) is 90.5 Å². The van der Waals surface area contributed by atoms with E-state index in [0.29, 0.717) is 0 Å². The third-order valence-electron chi connectivity index (χ3n) is 6.46. The van der Waals surface area contributed by atoms with Gasteiger partial charge in [0.1, 0.15) is 11.5 Å². The second-order valence-corrected chi connectivity index (χ2v) is 9.03. The molecule has 0 bridgehead atoms. The van der Waals surface area contributed by atoms with Crippen LogP contribution in [0.2, 0.25) is 0 Å². The van der Waals surface area contributed by atoms with Crippen LogP contribution in [0.1, 0.15) is 49.6 Å². The molecule has 0 amide bonds. The molecule has 0 radical (unpaired) electrons. The van der Waals surface area contributed by atoms with Crippen LogP contribution >= 0.6 is 0 Å². The molecule has 0 spiro atoms. The zero-order valence-corrected chi connectivity index (χ0v) is 19.0. The van der Waals surface area contributed by atoms with E-state index in [1.54, 1.807) is 0 Å². The number of para-hydroxylation sites is 1. The van der Waals surface area contributed by atoms with E-state index in [4.69, 9.17) is 20.6 Å². The second kappa shape index (κ2) is 8.38. The number of ether oxygens (including phenoxy) is 2. The van der Waals surface area contributed by atoms with Gasteiger partial charge in [0.25, 0.3) is 0 Å². The lowest BCUT2D eigenvalue weighted by Gasteiger charge is -2.36. The molecule has 1 aliphatic heterocycles. The Kier molecular flexibility index (Phi) is 5.39. The summed E-state index contributed by atoms with van der Waals surface area (Å²) in [6.07, 6.45) is 7.18. The molecule has 0 fully saturated rings. The highest BCUT2D eigenvalue weighted by molar-refractivity contribution is 5.94. The van der Waals surface area contributed by atoms with Gasteiger partial charge < -0.3 is 9.47 Å². The van der Waals surface area contributed by atoms with Crippen molar-refractivity contribution in [3.05, 3.63) is 107 Å². The van der Waals surface area contributed by atoms with Gasteiger partial charge in [0.2, 0.25) is 5.90 Å². The zero-order chi connectivity index (χ0) is 23.0. The van der Waals surface area contributed by atoms with Gasteiger partial charge in [0.05, 0.1) is 0 Å². The van der Waals surface area contributed by atoms with Gasteiger partial charge >= 0.3 is 0 Å². The first kappa shape index (κ1) is 21.2. The summed E-state index contributed by atoms with van der Waals surface area (Å²) in [4.78, 5) is 0. The molecule has 1 aliphatic carbocycles. The monoisotopic (exact) mass is 436 g/mol. The summed E-state index contributed by atoms with van der Waals surface area (Å²) in [6.45, 7) is 4.48. The SMILES string of the molecule is CC1(C)c2ccccc2Oc2cccc(-c3cccc(C(N)OC(=N)C4=CCCC=C4)c3)c21. The molecule has 0 saturated heterocycles. The number of hydrogen-bond acceptors (Lipinski definition) is 4. The number of nitrogens with one attached hydrogen (secondary N) is 1. The number of hydrogen-bond donors (Lipinski definition) is 2. The normalized spacial score (nSPS) is 16.6. The lowest BCUT2D eigenvalue weighted by molar-refractivity contribution is 0.199. The molecule has 2 aliphatic rings. The van der Waals surface area contributed by atoms with Crippen LogP contribution < -0.4 is 10.5 Å². The first-order valence-corrected chi connectivity index (χ1v) is 11.3. The van der Waals surface area contributed by atoms with Crippen molar-refractivity contribution in [1.82, 2.24) is 0 Å². The minimum atomic E-state index is -0.724. The van der Waals surface area contributed by atoms with Crippen LogP contribution in [0.4, 0.5) is 0 Å². The van der Waals surface area contributed by atoms with E-state index >= 15 is 0 Å². The van der Waals surface area contributed by atoms with Crippen molar-refractivity contribution in [2.75, 3.05) is 0 Å². The Morgan fingerprint density at radius 1 is 1.00 bits per heavy atom. The predicted molar refractivity (Wildman–Crippen MR) is 133 cm³/mol. The Labute approximate surface area is 194 Å². The van der Waals surface area contributed by atoms with Gasteiger partial charge in [0, 0.05) is 27.7 Å². The van der Waals surface area contributed by atoms with E-state index in [1.807, 2.05) is 48.6 Å². The van der Waals surface area contributed by atoms with Crippen molar-refractivity contribution in [1.29, 1.82) is 5.41 Å². The maximum atomic E-state index is 8.29. The van der Waals surface area contributed by atoms with Gasteiger partial charge in [-0.15, -0.1) is 0 Å². The molecule has 1 unspecified atom stereocenters. The summed E-state index contributed by atoms with van der Waals surface area (Å²) in [6, 6.07) is 22.5. The van der Waals surface area contributed by atoms with Crippen molar-refractivity contribution in [2.45, 2.75) is 38.3 Å². The van der Waals surface area contributed by atoms with Gasteiger partial charge in [-0.25, -0.2) is 0 Å². The third-order valence-corrected chi connectivity index (χ3v) is 6.46. The topological polar surface area (TPSA) is 68.3 Å². The van der Waals surface area contributed by atoms with Crippen LogP contribution in [0, 0.1) is 5.41 Å². The first-order chi connectivity index (χ1) is 15.9. The van der Waals surface area contributed by atoms with Crippen molar-refractivity contribution in [3.63, 3.8) is 0 Å². The fourth-order valence-corrected chi connectivity index (χ4v) is 4.75. The number of benzene rings is 3. The fourth-order valence-electron chi connectivity index (χ4n) is 4.75. The summed E-state index contributed by atoms with van der Waals surface area (Å²) >= 11 is 0. The smallest absolute Gasteiger partial charge is 0.214 e. The van der Waals surface area contributed by atoms with Crippen LogP contribution in [0.25, 0.3) is 11.1 Å². The average Bonchev–Trinajstić information content (AvgIpc) is 2.84. The van der Waals surface area contributed by atoms with E-state index in [0.717, 1.165) is 52.2 Å². The number of nitrogens with two attached hydrogens (primary N) is 1. The maximum absolute atomic E-state index is 8.29. The summed E-state index contributed by atoms with van der Waals surface area (Å²) < 4.78 is 12.1. The summed E-state index contributed by atoms with van der Waals surface area (Å²) in [7, 11) is 0. The Balaban J connectivity index is 1.49. The van der Waals surface area contributed by atoms with Crippen LogP contribution in [0.5, 0.6) is 11.5 Å². The van der Waals surface area contributed by atoms with E-state index in [2.05, 4.69) is 50.3 Å². The lowest BCUT2D eigenvalue weighted by atomic mass is 9.73. The van der Waals surface area contributed by atoms with E-state index < -0.39 is 6.23 Å². The van der Waals surface area contributed by atoms with Gasteiger partial charge in [-0.2, -0.15) is 0 Å². The molecular weight excluding hydrogens is 408 g/mol. The molecule has 3 N–H and O–H groups in total. The van der Waals surface area contributed by atoms with E-state index in [-0.39, 0.29) is 11.3 Å². The highest BCUT2D eigenvalue weighted by atomic mass is 16.5. The van der Waals surface area contributed by atoms with Crippen molar-refractivity contribution < 1.29 is 9.47 Å². The van der Waals surface area contributed by atoms with Crippen LogP contribution in [0.3, 0.4) is 0 Å². The molecular formula is C29H28N2O2. The van der Waals surface area contributed by atoms with Crippen LogP contribution in [-0.2, 0) is 10.2 Å². The average molecular weight is 437 g/mol. The molecule has 4 nitrogen and oxygen atoms in total. The zero-order valence-electron chi connectivity index (χ0n) is 19.0. The maximum Gasteiger partial charge on any atom is 0.214 e. The highest BCUT2D eigenvalue weighted by Crippen LogP contribution is 2.51. The quantitative estimate of drug-likeness (QED) is 0.262. The van der Waals surface area contributed by atoms with Crippen molar-refractivity contribution in [3.8, 4) is 22.6 Å². The molecule has 0 aromatic heterocycles.